The minimum atomic E-state index is -0.0311. The maximum Gasteiger partial charge on any atom is 0.251 e. The fourth-order valence-electron chi connectivity index (χ4n) is 2.32. The monoisotopic (exact) mass is 303 g/mol. The Hall–Kier alpha value is -1.44. The van der Waals surface area contributed by atoms with E-state index in [1.165, 1.54) is 18.6 Å². The highest BCUT2D eigenvalue weighted by Crippen LogP contribution is 2.25. The van der Waals surface area contributed by atoms with Crippen LogP contribution in [-0.4, -0.2) is 35.2 Å². The lowest BCUT2D eigenvalue weighted by atomic mass is 10.1. The fraction of sp³-hybridized carbons (Fsp3) is 0.471. The van der Waals surface area contributed by atoms with E-state index in [0.29, 0.717) is 17.2 Å². The van der Waals surface area contributed by atoms with Crippen LogP contribution < -0.4 is 5.32 Å². The van der Waals surface area contributed by atoms with E-state index >= 15 is 0 Å². The third-order valence-electron chi connectivity index (χ3n) is 3.32. The average molecular weight is 303 g/mol. The fourth-order valence-corrected chi connectivity index (χ4v) is 3.52. The first kappa shape index (κ1) is 15.9. The second-order valence-electron chi connectivity index (χ2n) is 5.21. The highest BCUT2D eigenvalue weighted by atomic mass is 32.2. The molecule has 0 saturated carbocycles. The predicted octanol–water partition coefficient (Wildman–Crippen LogP) is 2.35. The number of thioether (sulfide) groups is 1. The summed E-state index contributed by atoms with van der Waals surface area (Å²) in [5, 5.41) is 12.3. The molecule has 1 aromatic carbocycles. The van der Waals surface area contributed by atoms with Crippen molar-refractivity contribution in [2.45, 2.75) is 31.4 Å². The molecule has 0 aromatic heterocycles. The van der Waals surface area contributed by atoms with Gasteiger partial charge in [0.05, 0.1) is 6.61 Å². The summed E-state index contributed by atoms with van der Waals surface area (Å²) in [7, 11) is 0. The first-order valence-corrected chi connectivity index (χ1v) is 8.35. The molecular formula is C17H21NO2S. The number of aliphatic hydroxyl groups is 1. The second-order valence-corrected chi connectivity index (χ2v) is 6.62. The number of nitrogens with one attached hydrogen (secondary N) is 1. The smallest absolute Gasteiger partial charge is 0.251 e. The molecule has 0 aliphatic carbocycles. The number of carbonyl (C=O) groups excluding carboxylic acids is 1. The van der Waals surface area contributed by atoms with Crippen LogP contribution in [0.3, 0.4) is 0 Å². The minimum absolute atomic E-state index is 0.0311. The molecule has 1 amide bonds. The Labute approximate surface area is 130 Å². The van der Waals surface area contributed by atoms with E-state index in [0.717, 1.165) is 17.7 Å². The van der Waals surface area contributed by atoms with Crippen molar-refractivity contribution in [3.8, 4) is 11.8 Å². The van der Waals surface area contributed by atoms with E-state index in [1.54, 1.807) is 0 Å². The maximum atomic E-state index is 12.2. The lowest BCUT2D eigenvalue weighted by Crippen LogP contribution is -2.29. The zero-order valence-corrected chi connectivity index (χ0v) is 13.1. The molecule has 3 nitrogen and oxygen atoms in total. The Morgan fingerprint density at radius 3 is 3.05 bits per heavy atom. The molecule has 112 valence electrons. The highest BCUT2D eigenvalue weighted by Gasteiger charge is 2.16. The van der Waals surface area contributed by atoms with Crippen molar-refractivity contribution in [2.75, 3.05) is 18.9 Å². The molecule has 1 aliphatic heterocycles. The zero-order chi connectivity index (χ0) is 15.1. The molecule has 1 aliphatic rings. The first-order valence-electron chi connectivity index (χ1n) is 7.30. The molecule has 21 heavy (non-hydrogen) atoms. The van der Waals surface area contributed by atoms with Crippen molar-refractivity contribution in [1.29, 1.82) is 0 Å². The van der Waals surface area contributed by atoms with Crippen molar-refractivity contribution in [1.82, 2.24) is 5.32 Å². The quantitative estimate of drug-likeness (QED) is 0.840. The van der Waals surface area contributed by atoms with Crippen LogP contribution in [0.1, 0.15) is 40.7 Å². The zero-order valence-electron chi connectivity index (χ0n) is 12.3. The number of hydrogen-bond donors (Lipinski definition) is 2. The molecule has 1 saturated heterocycles. The Morgan fingerprint density at radius 1 is 1.48 bits per heavy atom. The van der Waals surface area contributed by atoms with Gasteiger partial charge in [0.2, 0.25) is 0 Å². The van der Waals surface area contributed by atoms with Crippen molar-refractivity contribution in [2.24, 2.45) is 0 Å². The van der Waals surface area contributed by atoms with E-state index in [1.807, 2.05) is 36.9 Å². The molecule has 1 unspecified atom stereocenters. The molecule has 0 bridgehead atoms. The number of aliphatic hydroxyl groups excluding tert-OH is 1. The number of benzene rings is 1. The van der Waals surface area contributed by atoms with Gasteiger partial charge in [-0.25, -0.2) is 0 Å². The third kappa shape index (κ3) is 5.11. The Kier molecular flexibility index (Phi) is 6.16. The summed E-state index contributed by atoms with van der Waals surface area (Å²) in [5.41, 5.74) is 2.50. The normalized spacial score (nSPS) is 17.1. The van der Waals surface area contributed by atoms with Gasteiger partial charge in [0.25, 0.3) is 5.91 Å². The molecule has 1 heterocycles. The van der Waals surface area contributed by atoms with E-state index in [-0.39, 0.29) is 12.5 Å². The summed E-state index contributed by atoms with van der Waals surface area (Å²) in [6.07, 6.45) is 2.89. The van der Waals surface area contributed by atoms with Crippen LogP contribution in [0, 0.1) is 18.8 Å². The Morgan fingerprint density at radius 2 is 2.33 bits per heavy atom. The van der Waals surface area contributed by atoms with Gasteiger partial charge in [-0.2, -0.15) is 11.8 Å². The van der Waals surface area contributed by atoms with Crippen LogP contribution in [0.5, 0.6) is 0 Å². The van der Waals surface area contributed by atoms with Crippen LogP contribution in [-0.2, 0) is 0 Å². The number of carbonyl (C=O) groups is 1. The van der Waals surface area contributed by atoms with Crippen LogP contribution in [0.15, 0.2) is 18.2 Å². The number of aryl methyl sites for hydroxylation is 1. The lowest BCUT2D eigenvalue weighted by Gasteiger charge is -2.10. The summed E-state index contributed by atoms with van der Waals surface area (Å²) in [5.74, 6) is 7.04. The maximum absolute atomic E-state index is 12.2. The van der Waals surface area contributed by atoms with Crippen molar-refractivity contribution >= 4 is 17.7 Å². The average Bonchev–Trinajstić information content (AvgIpc) is 2.98. The second kappa shape index (κ2) is 8.11. The van der Waals surface area contributed by atoms with Crippen molar-refractivity contribution in [3.05, 3.63) is 34.9 Å². The topological polar surface area (TPSA) is 49.3 Å². The van der Waals surface area contributed by atoms with E-state index < -0.39 is 0 Å². The van der Waals surface area contributed by atoms with E-state index in [9.17, 15) is 4.79 Å². The van der Waals surface area contributed by atoms with Crippen molar-refractivity contribution in [3.63, 3.8) is 0 Å². The van der Waals surface area contributed by atoms with Gasteiger partial charge in [0.1, 0.15) is 0 Å². The lowest BCUT2D eigenvalue weighted by molar-refractivity contribution is 0.0953. The van der Waals surface area contributed by atoms with Gasteiger partial charge in [-0.05, 0) is 49.3 Å². The summed E-state index contributed by atoms with van der Waals surface area (Å²) < 4.78 is 0. The Bertz CT molecular complexity index is 554. The van der Waals surface area contributed by atoms with Gasteiger partial charge in [0.15, 0.2) is 0 Å². The third-order valence-corrected chi connectivity index (χ3v) is 4.72. The molecular weight excluding hydrogens is 282 g/mol. The summed E-state index contributed by atoms with van der Waals surface area (Å²) in [6, 6.07) is 5.65. The molecule has 1 fully saturated rings. The molecule has 2 N–H and O–H groups in total. The van der Waals surface area contributed by atoms with Crippen LogP contribution in [0.25, 0.3) is 0 Å². The van der Waals surface area contributed by atoms with E-state index in [4.69, 9.17) is 5.11 Å². The highest BCUT2D eigenvalue weighted by molar-refractivity contribution is 8.00. The van der Waals surface area contributed by atoms with Gasteiger partial charge < -0.3 is 10.4 Å². The van der Waals surface area contributed by atoms with Gasteiger partial charge in [-0.3, -0.25) is 4.79 Å². The Balaban J connectivity index is 2.00. The molecule has 1 atom stereocenters. The predicted molar refractivity (Wildman–Crippen MR) is 87.6 cm³/mol. The minimum Gasteiger partial charge on any atom is -0.395 e. The van der Waals surface area contributed by atoms with Crippen LogP contribution in [0.4, 0.5) is 0 Å². The standard InChI is InChI=1S/C17H21NO2S/c1-13-9-14(5-2-3-7-19)11-15(10-13)17(20)18-12-16-6-4-8-21-16/h9-11,16,19H,3-4,6-8,12H2,1H3,(H,18,20). The molecule has 1 aromatic rings. The van der Waals surface area contributed by atoms with Crippen molar-refractivity contribution < 1.29 is 9.90 Å². The molecule has 0 spiro atoms. The number of amides is 1. The summed E-state index contributed by atoms with van der Waals surface area (Å²) in [6.45, 7) is 2.76. The number of rotatable bonds is 4. The van der Waals surface area contributed by atoms with E-state index in [2.05, 4.69) is 17.2 Å². The van der Waals surface area contributed by atoms with Gasteiger partial charge >= 0.3 is 0 Å². The summed E-state index contributed by atoms with van der Waals surface area (Å²) in [4.78, 5) is 12.2. The SMILES string of the molecule is Cc1cc(C#CCCO)cc(C(=O)NCC2CCCS2)c1. The number of hydrogen-bond acceptors (Lipinski definition) is 3. The molecule has 2 rings (SSSR count). The van der Waals surface area contributed by atoms with Crippen LogP contribution >= 0.6 is 11.8 Å². The van der Waals surface area contributed by atoms with Gasteiger partial charge in [-0.1, -0.05) is 11.8 Å². The largest absolute Gasteiger partial charge is 0.395 e. The van der Waals surface area contributed by atoms with Gasteiger partial charge in [0, 0.05) is 29.3 Å². The molecule has 4 heteroatoms. The van der Waals surface area contributed by atoms with Crippen LogP contribution in [0.2, 0.25) is 0 Å². The first-order chi connectivity index (χ1) is 10.2. The molecule has 0 radical (unpaired) electrons. The van der Waals surface area contributed by atoms with Gasteiger partial charge in [-0.15, -0.1) is 0 Å². The summed E-state index contributed by atoms with van der Waals surface area (Å²) >= 11 is 1.94.